The molecule has 9 nitrogen and oxygen atoms in total. The number of aromatic nitrogens is 3. The van der Waals surface area contributed by atoms with Crippen LogP contribution in [-0.2, 0) is 33.8 Å². The molecule has 1 unspecified atom stereocenters. The number of aliphatic hydroxyl groups is 1. The molecule has 0 radical (unpaired) electrons. The fourth-order valence-electron chi connectivity index (χ4n) is 6.12. The molecular weight excluding hydrogens is 631 g/mol. The van der Waals surface area contributed by atoms with Gasteiger partial charge in [-0.3, -0.25) is 4.57 Å². The van der Waals surface area contributed by atoms with Gasteiger partial charge in [-0.05, 0) is 54.5 Å². The first-order chi connectivity index (χ1) is 21.3. The maximum atomic E-state index is 15.3. The van der Waals surface area contributed by atoms with Crippen LogP contribution in [-0.4, -0.2) is 84.5 Å². The number of hydrogen-bond donors (Lipinski definition) is 1. The molecule has 0 spiro atoms. The lowest BCUT2D eigenvalue weighted by molar-refractivity contribution is -0.0230. The van der Waals surface area contributed by atoms with E-state index < -0.39 is 50.8 Å². The van der Waals surface area contributed by atoms with Gasteiger partial charge in [-0.25, -0.2) is 18.2 Å². The van der Waals surface area contributed by atoms with Crippen molar-refractivity contribution in [2.24, 2.45) is 0 Å². The van der Waals surface area contributed by atoms with Gasteiger partial charge in [0, 0.05) is 27.7 Å². The fourth-order valence-corrected chi connectivity index (χ4v) is 7.10. The highest BCUT2D eigenvalue weighted by molar-refractivity contribution is 6.76. The fraction of sp³-hybridized carbons (Fsp3) is 0.613. The van der Waals surface area contributed by atoms with Crippen LogP contribution in [0, 0.1) is 5.82 Å². The second-order valence-electron chi connectivity index (χ2n) is 13.5. The third-order valence-electron chi connectivity index (χ3n) is 8.46. The predicted molar refractivity (Wildman–Crippen MR) is 164 cm³/mol. The third kappa shape index (κ3) is 7.28. The molecule has 4 heterocycles. The lowest BCUT2D eigenvalue weighted by atomic mass is 9.95. The molecule has 2 fully saturated rings. The largest absolute Gasteiger partial charge is 0.487 e. The summed E-state index contributed by atoms with van der Waals surface area (Å²) in [6, 6.07) is 5.79. The van der Waals surface area contributed by atoms with E-state index in [4.69, 9.17) is 40.3 Å². The number of pyridine rings is 1. The van der Waals surface area contributed by atoms with Gasteiger partial charge in [-0.15, -0.1) is 0 Å². The van der Waals surface area contributed by atoms with Crippen molar-refractivity contribution in [2.45, 2.75) is 94.9 Å². The Morgan fingerprint density at radius 1 is 1.13 bits per heavy atom. The standard InChI is InChI=1S/C31H39ClF3N3O6Si/c1-31(34,35)15-43-19-9-17-5-6-18(26(17)21(33)11-19)10-22-20(32)12-23-29(36-22)38(16-40-7-8-45(2,3)4)30(37-23)44-25-14-42-27-24(39)13-41-28(25)27/h9,11-12,18,24-25,27-28,39H,5-8,10,13-16H2,1-4H3/t18?,24-,25-,27-,28-/m1/s1. The Balaban J connectivity index is 1.26. The van der Waals surface area contributed by atoms with Crippen LogP contribution < -0.4 is 9.47 Å². The molecule has 1 N–H and O–H groups in total. The first kappa shape index (κ1) is 32.5. The van der Waals surface area contributed by atoms with Crippen molar-refractivity contribution < 1.29 is 42.0 Å². The average Bonchev–Trinajstić information content (AvgIpc) is 3.71. The highest BCUT2D eigenvalue weighted by Crippen LogP contribution is 2.41. The van der Waals surface area contributed by atoms with Crippen molar-refractivity contribution in [3.63, 3.8) is 0 Å². The molecule has 0 bridgehead atoms. The minimum Gasteiger partial charge on any atom is -0.487 e. The molecule has 246 valence electrons. The Hall–Kier alpha value is -2.42. The van der Waals surface area contributed by atoms with Crippen molar-refractivity contribution in [3.8, 4) is 11.8 Å². The van der Waals surface area contributed by atoms with Gasteiger partial charge in [0.25, 0.3) is 5.92 Å². The van der Waals surface area contributed by atoms with Gasteiger partial charge in [0.2, 0.25) is 0 Å². The molecule has 0 amide bonds. The van der Waals surface area contributed by atoms with E-state index in [1.165, 1.54) is 6.07 Å². The number of benzene rings is 1. The van der Waals surface area contributed by atoms with Crippen LogP contribution in [0.2, 0.25) is 30.7 Å². The molecule has 0 saturated carbocycles. The molecular formula is C31H39ClF3N3O6Si. The first-order valence-corrected chi connectivity index (χ1v) is 19.4. The molecule has 2 aromatic heterocycles. The summed E-state index contributed by atoms with van der Waals surface area (Å²) in [5.74, 6) is -3.62. The van der Waals surface area contributed by atoms with Crippen molar-refractivity contribution >= 4 is 30.8 Å². The summed E-state index contributed by atoms with van der Waals surface area (Å²) >= 11 is 6.72. The molecule has 6 rings (SSSR count). The van der Waals surface area contributed by atoms with Crippen LogP contribution in [0.25, 0.3) is 11.2 Å². The maximum absolute atomic E-state index is 15.3. The van der Waals surface area contributed by atoms with Crippen LogP contribution in [0.15, 0.2) is 18.2 Å². The highest BCUT2D eigenvalue weighted by Gasteiger charge is 2.49. The molecule has 2 aliphatic heterocycles. The molecule has 5 atom stereocenters. The monoisotopic (exact) mass is 669 g/mol. The van der Waals surface area contributed by atoms with E-state index in [-0.39, 0.29) is 37.6 Å². The van der Waals surface area contributed by atoms with Gasteiger partial charge < -0.3 is 28.8 Å². The number of rotatable bonds is 12. The number of ether oxygens (including phenoxy) is 5. The van der Waals surface area contributed by atoms with E-state index in [1.54, 1.807) is 16.7 Å². The molecule has 1 aliphatic carbocycles. The maximum Gasteiger partial charge on any atom is 0.301 e. The summed E-state index contributed by atoms with van der Waals surface area (Å²) in [7, 11) is -1.33. The topological polar surface area (TPSA) is 97.1 Å². The first-order valence-electron chi connectivity index (χ1n) is 15.3. The van der Waals surface area contributed by atoms with Crippen molar-refractivity contribution in [3.05, 3.63) is 45.9 Å². The minimum atomic E-state index is -3.02. The van der Waals surface area contributed by atoms with Gasteiger partial charge in [-0.1, -0.05) is 31.2 Å². The summed E-state index contributed by atoms with van der Waals surface area (Å²) in [4.78, 5) is 9.59. The van der Waals surface area contributed by atoms with Gasteiger partial charge in [0.1, 0.15) is 42.1 Å². The molecule has 14 heteroatoms. The second-order valence-corrected chi connectivity index (χ2v) is 19.6. The number of halogens is 4. The van der Waals surface area contributed by atoms with E-state index in [0.29, 0.717) is 53.3 Å². The number of aryl methyl sites for hydroxylation is 1. The SMILES string of the molecule is CC(F)(F)COc1cc(F)c2c(c1)CCC2Cc1nc2c(cc1Cl)nc(O[C@@H]1CO[C@H]3[C@@H]1OC[C@H]3O)n2COCC[Si](C)(C)C. The van der Waals surface area contributed by atoms with Crippen LogP contribution in [0.5, 0.6) is 11.8 Å². The Kier molecular flexibility index (Phi) is 9.14. The van der Waals surface area contributed by atoms with E-state index in [2.05, 4.69) is 24.6 Å². The van der Waals surface area contributed by atoms with E-state index >= 15 is 4.39 Å². The highest BCUT2D eigenvalue weighted by atomic mass is 35.5. The van der Waals surface area contributed by atoms with Crippen LogP contribution in [0.4, 0.5) is 13.2 Å². The van der Waals surface area contributed by atoms with Crippen molar-refractivity contribution in [2.75, 3.05) is 26.4 Å². The smallest absolute Gasteiger partial charge is 0.301 e. The van der Waals surface area contributed by atoms with Crippen LogP contribution in [0.1, 0.15) is 36.1 Å². The molecule has 3 aliphatic rings. The number of aliphatic hydroxyl groups excluding tert-OH is 1. The quantitative estimate of drug-likeness (QED) is 0.193. The number of alkyl halides is 2. The molecule has 1 aromatic carbocycles. The van der Waals surface area contributed by atoms with Crippen molar-refractivity contribution in [1.29, 1.82) is 0 Å². The summed E-state index contributed by atoms with van der Waals surface area (Å²) in [6.45, 7) is 7.92. The van der Waals surface area contributed by atoms with Gasteiger partial charge in [0.15, 0.2) is 18.4 Å². The third-order valence-corrected chi connectivity index (χ3v) is 10.5. The Morgan fingerprint density at radius 3 is 2.67 bits per heavy atom. The summed E-state index contributed by atoms with van der Waals surface area (Å²) in [5.41, 5.74) is 2.88. The number of fused-ring (bicyclic) bond motifs is 3. The average molecular weight is 670 g/mol. The van der Waals surface area contributed by atoms with E-state index in [0.717, 1.165) is 18.5 Å². The van der Waals surface area contributed by atoms with Crippen molar-refractivity contribution in [1.82, 2.24) is 14.5 Å². The minimum absolute atomic E-state index is 0.0908. The van der Waals surface area contributed by atoms with E-state index in [1.807, 2.05) is 0 Å². The summed E-state index contributed by atoms with van der Waals surface area (Å²) in [5, 5.41) is 10.6. The lowest BCUT2D eigenvalue weighted by Crippen LogP contribution is -2.35. The van der Waals surface area contributed by atoms with Crippen LogP contribution in [0.3, 0.4) is 0 Å². The molecule has 3 aromatic rings. The summed E-state index contributed by atoms with van der Waals surface area (Å²) < 4.78 is 72.7. The van der Waals surface area contributed by atoms with Crippen LogP contribution >= 0.6 is 11.6 Å². The zero-order valence-electron chi connectivity index (χ0n) is 25.8. The normalized spacial score (nSPS) is 24.8. The summed E-state index contributed by atoms with van der Waals surface area (Å²) in [6.07, 6.45) is -0.453. The Morgan fingerprint density at radius 2 is 1.91 bits per heavy atom. The number of hydrogen-bond acceptors (Lipinski definition) is 8. The number of nitrogens with zero attached hydrogens (tertiary/aromatic N) is 3. The van der Waals surface area contributed by atoms with Gasteiger partial charge in [-0.2, -0.15) is 4.98 Å². The van der Waals surface area contributed by atoms with Gasteiger partial charge in [0.05, 0.1) is 23.9 Å². The van der Waals surface area contributed by atoms with Gasteiger partial charge >= 0.3 is 6.01 Å². The zero-order valence-corrected chi connectivity index (χ0v) is 27.6. The van der Waals surface area contributed by atoms with E-state index in [9.17, 15) is 13.9 Å². The predicted octanol–water partition coefficient (Wildman–Crippen LogP) is 5.75. The zero-order chi connectivity index (χ0) is 32.1. The molecule has 45 heavy (non-hydrogen) atoms. The Labute approximate surface area is 265 Å². The second kappa shape index (κ2) is 12.6. The Bertz CT molecular complexity index is 1550. The lowest BCUT2D eigenvalue weighted by Gasteiger charge is -2.19. The number of imidazole rings is 1. The molecule has 2 saturated heterocycles.